The summed E-state index contributed by atoms with van der Waals surface area (Å²) in [6.45, 7) is 0.818. The van der Waals surface area contributed by atoms with E-state index in [1.54, 1.807) is 50.6 Å². The first-order valence-electron chi connectivity index (χ1n) is 10.9. The molecule has 0 radical (unpaired) electrons. The van der Waals surface area contributed by atoms with Crippen LogP contribution in [0.2, 0.25) is 0 Å². The molecule has 0 aliphatic heterocycles. The quantitative estimate of drug-likeness (QED) is 0.271. The van der Waals surface area contributed by atoms with Crippen LogP contribution in [0.15, 0.2) is 97.1 Å². The second-order valence-electron chi connectivity index (χ2n) is 7.61. The molecule has 172 valence electrons. The molecule has 5 nitrogen and oxygen atoms in total. The van der Waals surface area contributed by atoms with E-state index in [-0.39, 0.29) is 5.78 Å². The standard InChI is InChI=1S/C29H26O5/c1-31-27-17-23(13-15-25(27)33-19-21-9-5-3-6-10-21)29(30)24-14-16-26(28(18-24)32-2)34-20-22-11-7-4-8-12-22/h3-18H,19-20H2,1-2H3. The number of hydrogen-bond acceptors (Lipinski definition) is 5. The van der Waals surface area contributed by atoms with Crippen LogP contribution in [0.4, 0.5) is 0 Å². The normalized spacial score (nSPS) is 10.4. The topological polar surface area (TPSA) is 54.0 Å². The molecule has 4 rings (SSSR count). The first kappa shape index (κ1) is 22.9. The summed E-state index contributed by atoms with van der Waals surface area (Å²) in [5, 5.41) is 0. The van der Waals surface area contributed by atoms with Crippen molar-refractivity contribution in [3.8, 4) is 23.0 Å². The fraction of sp³-hybridized carbons (Fsp3) is 0.138. The van der Waals surface area contributed by atoms with Gasteiger partial charge in [-0.2, -0.15) is 0 Å². The van der Waals surface area contributed by atoms with Crippen LogP contribution in [0.5, 0.6) is 23.0 Å². The van der Waals surface area contributed by atoms with Gasteiger partial charge in [0.1, 0.15) is 13.2 Å². The van der Waals surface area contributed by atoms with Crippen molar-refractivity contribution >= 4 is 5.78 Å². The van der Waals surface area contributed by atoms with Gasteiger partial charge in [0.25, 0.3) is 0 Å². The second kappa shape index (κ2) is 11.1. The minimum absolute atomic E-state index is 0.152. The van der Waals surface area contributed by atoms with Crippen molar-refractivity contribution in [1.82, 2.24) is 0 Å². The number of methoxy groups -OCH3 is 2. The van der Waals surface area contributed by atoms with Gasteiger partial charge < -0.3 is 18.9 Å². The van der Waals surface area contributed by atoms with Crippen molar-refractivity contribution < 1.29 is 23.7 Å². The number of ketones is 1. The molecule has 0 aliphatic rings. The molecule has 0 saturated heterocycles. The largest absolute Gasteiger partial charge is 0.493 e. The number of ether oxygens (including phenoxy) is 4. The highest BCUT2D eigenvalue weighted by molar-refractivity contribution is 6.09. The van der Waals surface area contributed by atoms with Crippen molar-refractivity contribution in [3.05, 3.63) is 119 Å². The number of rotatable bonds is 10. The zero-order valence-electron chi connectivity index (χ0n) is 19.2. The maximum absolute atomic E-state index is 13.2. The fourth-order valence-corrected chi connectivity index (χ4v) is 3.49. The van der Waals surface area contributed by atoms with Gasteiger partial charge in [-0.3, -0.25) is 4.79 Å². The van der Waals surface area contributed by atoms with Crippen LogP contribution in [0.3, 0.4) is 0 Å². The average molecular weight is 455 g/mol. The van der Waals surface area contributed by atoms with Crippen molar-refractivity contribution in [2.45, 2.75) is 13.2 Å². The molecular weight excluding hydrogens is 428 g/mol. The Morgan fingerprint density at radius 1 is 0.559 bits per heavy atom. The van der Waals surface area contributed by atoms with Gasteiger partial charge in [-0.15, -0.1) is 0 Å². The molecule has 0 unspecified atom stereocenters. The van der Waals surface area contributed by atoms with E-state index in [9.17, 15) is 4.79 Å². The first-order valence-corrected chi connectivity index (χ1v) is 10.9. The highest BCUT2D eigenvalue weighted by atomic mass is 16.5. The number of hydrogen-bond donors (Lipinski definition) is 0. The predicted molar refractivity (Wildman–Crippen MR) is 131 cm³/mol. The van der Waals surface area contributed by atoms with Gasteiger partial charge in [0.2, 0.25) is 0 Å². The summed E-state index contributed by atoms with van der Waals surface area (Å²) in [5.74, 6) is 1.99. The molecule has 0 atom stereocenters. The van der Waals surface area contributed by atoms with Crippen LogP contribution in [0.1, 0.15) is 27.0 Å². The van der Waals surface area contributed by atoms with E-state index in [1.807, 2.05) is 60.7 Å². The summed E-state index contributed by atoms with van der Waals surface area (Å²) in [6, 6.07) is 30.1. The SMILES string of the molecule is COc1cc(C(=O)c2ccc(OCc3ccccc3)c(OC)c2)ccc1OCc1ccccc1. The van der Waals surface area contributed by atoms with Gasteiger partial charge in [0.05, 0.1) is 14.2 Å². The minimum atomic E-state index is -0.152. The Hall–Kier alpha value is -4.25. The highest BCUT2D eigenvalue weighted by Crippen LogP contribution is 2.32. The summed E-state index contributed by atoms with van der Waals surface area (Å²) in [4.78, 5) is 13.2. The van der Waals surface area contributed by atoms with E-state index in [0.29, 0.717) is 47.3 Å². The molecule has 0 amide bonds. The molecule has 0 saturated carbocycles. The summed E-state index contributed by atoms with van der Waals surface area (Å²) in [6.07, 6.45) is 0. The van der Waals surface area contributed by atoms with Crippen LogP contribution in [0.25, 0.3) is 0 Å². The summed E-state index contributed by atoms with van der Waals surface area (Å²) in [5.41, 5.74) is 3.07. The molecule has 0 bridgehead atoms. The summed E-state index contributed by atoms with van der Waals surface area (Å²) >= 11 is 0. The number of benzene rings is 4. The second-order valence-corrected chi connectivity index (χ2v) is 7.61. The predicted octanol–water partition coefficient (Wildman–Crippen LogP) is 6.09. The molecule has 5 heteroatoms. The van der Waals surface area contributed by atoms with Gasteiger partial charge in [0, 0.05) is 11.1 Å². The smallest absolute Gasteiger partial charge is 0.193 e. The lowest BCUT2D eigenvalue weighted by Gasteiger charge is -2.14. The fourth-order valence-electron chi connectivity index (χ4n) is 3.49. The van der Waals surface area contributed by atoms with E-state index in [0.717, 1.165) is 11.1 Å². The Kier molecular flexibility index (Phi) is 7.45. The molecule has 0 heterocycles. The first-order chi connectivity index (χ1) is 16.7. The lowest BCUT2D eigenvalue weighted by Crippen LogP contribution is -2.05. The Balaban J connectivity index is 1.49. The molecule has 0 N–H and O–H groups in total. The molecule has 34 heavy (non-hydrogen) atoms. The minimum Gasteiger partial charge on any atom is -0.493 e. The van der Waals surface area contributed by atoms with E-state index in [1.165, 1.54) is 0 Å². The van der Waals surface area contributed by atoms with Crippen molar-refractivity contribution in [2.75, 3.05) is 14.2 Å². The molecule has 4 aromatic rings. The Bertz CT molecular complexity index is 1140. The third-order valence-corrected chi connectivity index (χ3v) is 5.33. The Morgan fingerprint density at radius 3 is 1.35 bits per heavy atom. The lowest BCUT2D eigenvalue weighted by atomic mass is 10.0. The Labute approximate surface area is 199 Å². The molecule has 0 aromatic heterocycles. The van der Waals surface area contributed by atoms with Gasteiger partial charge in [0.15, 0.2) is 28.8 Å². The van der Waals surface area contributed by atoms with Gasteiger partial charge >= 0.3 is 0 Å². The molecule has 0 aliphatic carbocycles. The van der Waals surface area contributed by atoms with Gasteiger partial charge in [-0.25, -0.2) is 0 Å². The van der Waals surface area contributed by atoms with Crippen molar-refractivity contribution in [1.29, 1.82) is 0 Å². The van der Waals surface area contributed by atoms with Gasteiger partial charge in [-0.1, -0.05) is 60.7 Å². The third-order valence-electron chi connectivity index (χ3n) is 5.33. The highest BCUT2D eigenvalue weighted by Gasteiger charge is 2.16. The maximum Gasteiger partial charge on any atom is 0.193 e. The molecule has 0 fully saturated rings. The van der Waals surface area contributed by atoms with E-state index >= 15 is 0 Å². The Morgan fingerprint density at radius 2 is 0.971 bits per heavy atom. The summed E-state index contributed by atoms with van der Waals surface area (Å²) < 4.78 is 22.7. The van der Waals surface area contributed by atoms with Crippen molar-refractivity contribution in [3.63, 3.8) is 0 Å². The maximum atomic E-state index is 13.2. The van der Waals surface area contributed by atoms with Crippen molar-refractivity contribution in [2.24, 2.45) is 0 Å². The molecule has 4 aromatic carbocycles. The zero-order chi connectivity index (χ0) is 23.8. The zero-order valence-corrected chi connectivity index (χ0v) is 19.2. The van der Waals surface area contributed by atoms with Crippen LogP contribution in [0, 0.1) is 0 Å². The van der Waals surface area contributed by atoms with Crippen LogP contribution in [-0.2, 0) is 13.2 Å². The number of carbonyl (C=O) groups excluding carboxylic acids is 1. The van der Waals surface area contributed by atoms with E-state index in [4.69, 9.17) is 18.9 Å². The van der Waals surface area contributed by atoms with Crippen LogP contribution in [-0.4, -0.2) is 20.0 Å². The van der Waals surface area contributed by atoms with Gasteiger partial charge in [-0.05, 0) is 47.5 Å². The van der Waals surface area contributed by atoms with Crippen LogP contribution >= 0.6 is 0 Å². The lowest BCUT2D eigenvalue weighted by molar-refractivity contribution is 0.103. The molecular formula is C29H26O5. The summed E-state index contributed by atoms with van der Waals surface area (Å²) in [7, 11) is 3.11. The molecule has 0 spiro atoms. The third kappa shape index (κ3) is 5.56. The van der Waals surface area contributed by atoms with E-state index < -0.39 is 0 Å². The van der Waals surface area contributed by atoms with Crippen LogP contribution < -0.4 is 18.9 Å². The monoisotopic (exact) mass is 454 g/mol. The average Bonchev–Trinajstić information content (AvgIpc) is 2.91. The number of carbonyl (C=O) groups is 1. The van der Waals surface area contributed by atoms with E-state index in [2.05, 4.69) is 0 Å².